The second-order valence-electron chi connectivity index (χ2n) is 5.67. The predicted octanol–water partition coefficient (Wildman–Crippen LogP) is 2.19. The Bertz CT molecular complexity index is 531. The molecule has 0 unspecified atom stereocenters. The Morgan fingerprint density at radius 1 is 1.13 bits per heavy atom. The zero-order valence-electron chi connectivity index (χ0n) is 14.8. The minimum absolute atomic E-state index is 0.0417. The first-order valence-corrected chi connectivity index (χ1v) is 7.88. The van der Waals surface area contributed by atoms with Gasteiger partial charge in [-0.15, -0.1) is 0 Å². The second kappa shape index (κ2) is 9.30. The van der Waals surface area contributed by atoms with Gasteiger partial charge in [-0.1, -0.05) is 17.7 Å². The Morgan fingerprint density at radius 2 is 1.74 bits per heavy atom. The van der Waals surface area contributed by atoms with E-state index in [1.807, 2.05) is 20.8 Å². The van der Waals surface area contributed by atoms with Crippen molar-refractivity contribution in [1.82, 2.24) is 4.90 Å². The molecule has 0 aliphatic rings. The molecule has 0 fully saturated rings. The van der Waals surface area contributed by atoms with Crippen LogP contribution in [0.15, 0.2) is 12.1 Å². The van der Waals surface area contributed by atoms with Gasteiger partial charge >= 0.3 is 5.97 Å². The fourth-order valence-corrected chi connectivity index (χ4v) is 2.61. The number of ether oxygens (including phenoxy) is 2. The number of rotatable bonds is 8. The zero-order chi connectivity index (χ0) is 17.4. The third-order valence-corrected chi connectivity index (χ3v) is 3.71. The molecule has 0 atom stereocenters. The molecule has 0 N–H and O–H groups in total. The maximum Gasteiger partial charge on any atom is 0.325 e. The van der Waals surface area contributed by atoms with Crippen LogP contribution in [0.2, 0.25) is 0 Å². The molecule has 0 aliphatic heterocycles. The number of aryl methyl sites for hydroxylation is 3. The van der Waals surface area contributed by atoms with Crippen LogP contribution in [0.1, 0.15) is 29.2 Å². The maximum absolute atomic E-state index is 12.6. The van der Waals surface area contributed by atoms with Crippen LogP contribution in [-0.4, -0.2) is 50.2 Å². The molecule has 0 aromatic heterocycles. The third-order valence-electron chi connectivity index (χ3n) is 3.71. The van der Waals surface area contributed by atoms with Crippen molar-refractivity contribution >= 4 is 11.9 Å². The van der Waals surface area contributed by atoms with Crippen LogP contribution in [0.4, 0.5) is 0 Å². The standard InChI is InChI=1S/C18H27NO4/c1-6-23-18(21)12-19(7-8-22-5)17(20)11-16-14(3)9-13(2)10-15(16)4/h9-10H,6-8,11-12H2,1-5H3. The minimum Gasteiger partial charge on any atom is -0.465 e. The van der Waals surface area contributed by atoms with Crippen molar-refractivity contribution in [3.8, 4) is 0 Å². The summed E-state index contributed by atoms with van der Waals surface area (Å²) in [4.78, 5) is 25.8. The molecule has 1 aromatic carbocycles. The fraction of sp³-hybridized carbons (Fsp3) is 0.556. The van der Waals surface area contributed by atoms with Gasteiger partial charge in [-0.05, 0) is 44.4 Å². The van der Waals surface area contributed by atoms with Gasteiger partial charge in [0, 0.05) is 13.7 Å². The number of hydrogen-bond donors (Lipinski definition) is 0. The van der Waals surface area contributed by atoms with Gasteiger partial charge in [0.1, 0.15) is 6.54 Å². The van der Waals surface area contributed by atoms with Crippen LogP contribution in [0.25, 0.3) is 0 Å². The molecule has 0 heterocycles. The predicted molar refractivity (Wildman–Crippen MR) is 89.4 cm³/mol. The summed E-state index contributed by atoms with van der Waals surface area (Å²) in [5, 5.41) is 0. The molecule has 0 bridgehead atoms. The summed E-state index contributed by atoms with van der Waals surface area (Å²) in [5.74, 6) is -0.487. The van der Waals surface area contributed by atoms with Crippen LogP contribution in [0, 0.1) is 20.8 Å². The van der Waals surface area contributed by atoms with E-state index in [0.29, 0.717) is 19.8 Å². The highest BCUT2D eigenvalue weighted by molar-refractivity contribution is 5.84. The number of carbonyl (C=O) groups is 2. The second-order valence-corrected chi connectivity index (χ2v) is 5.67. The largest absolute Gasteiger partial charge is 0.465 e. The van der Waals surface area contributed by atoms with Crippen molar-refractivity contribution in [3.63, 3.8) is 0 Å². The van der Waals surface area contributed by atoms with E-state index in [1.165, 1.54) is 10.5 Å². The molecule has 128 valence electrons. The van der Waals surface area contributed by atoms with Gasteiger partial charge in [0.05, 0.1) is 19.6 Å². The van der Waals surface area contributed by atoms with Crippen molar-refractivity contribution in [2.24, 2.45) is 0 Å². The van der Waals surface area contributed by atoms with Crippen LogP contribution in [0.3, 0.4) is 0 Å². The van der Waals surface area contributed by atoms with E-state index < -0.39 is 5.97 Å². The van der Waals surface area contributed by atoms with Gasteiger partial charge in [-0.25, -0.2) is 0 Å². The summed E-state index contributed by atoms with van der Waals surface area (Å²) in [7, 11) is 1.57. The van der Waals surface area contributed by atoms with E-state index in [4.69, 9.17) is 9.47 Å². The molecule has 5 nitrogen and oxygen atoms in total. The molecule has 5 heteroatoms. The lowest BCUT2D eigenvalue weighted by molar-refractivity contribution is -0.149. The van der Waals surface area contributed by atoms with E-state index in [0.717, 1.165) is 16.7 Å². The van der Waals surface area contributed by atoms with Crippen molar-refractivity contribution < 1.29 is 19.1 Å². The lowest BCUT2D eigenvalue weighted by Crippen LogP contribution is -2.39. The molecule has 0 saturated carbocycles. The highest BCUT2D eigenvalue weighted by Gasteiger charge is 2.19. The quantitative estimate of drug-likeness (QED) is 0.689. The van der Waals surface area contributed by atoms with Crippen molar-refractivity contribution in [2.75, 3.05) is 33.4 Å². The van der Waals surface area contributed by atoms with Crippen molar-refractivity contribution in [3.05, 3.63) is 34.4 Å². The maximum atomic E-state index is 12.6. The number of methoxy groups -OCH3 is 1. The first kappa shape index (κ1) is 19.2. The van der Waals surface area contributed by atoms with Gasteiger partial charge in [-0.3, -0.25) is 9.59 Å². The summed E-state index contributed by atoms with van der Waals surface area (Å²) < 4.78 is 9.97. The van der Waals surface area contributed by atoms with Crippen LogP contribution < -0.4 is 0 Å². The van der Waals surface area contributed by atoms with Crippen LogP contribution in [-0.2, 0) is 25.5 Å². The molecular formula is C18H27NO4. The van der Waals surface area contributed by atoms with Crippen LogP contribution in [0.5, 0.6) is 0 Å². The molecule has 1 aromatic rings. The molecule has 0 spiro atoms. The summed E-state index contributed by atoms with van der Waals surface area (Å²) in [6.07, 6.45) is 0.279. The summed E-state index contributed by atoms with van der Waals surface area (Å²) >= 11 is 0. The Kier molecular flexibility index (Phi) is 7.75. The normalized spacial score (nSPS) is 10.5. The molecule has 1 rings (SSSR count). The summed E-state index contributed by atoms with van der Waals surface area (Å²) in [5.41, 5.74) is 4.39. The Balaban J connectivity index is 2.86. The average Bonchev–Trinajstić information content (AvgIpc) is 2.47. The topological polar surface area (TPSA) is 55.8 Å². The minimum atomic E-state index is -0.394. The molecule has 1 amide bonds. The number of nitrogens with zero attached hydrogens (tertiary/aromatic N) is 1. The molecule has 0 radical (unpaired) electrons. The first-order valence-electron chi connectivity index (χ1n) is 7.88. The fourth-order valence-electron chi connectivity index (χ4n) is 2.61. The monoisotopic (exact) mass is 321 g/mol. The smallest absolute Gasteiger partial charge is 0.325 e. The van der Waals surface area contributed by atoms with Gasteiger partial charge < -0.3 is 14.4 Å². The lowest BCUT2D eigenvalue weighted by Gasteiger charge is -2.22. The van der Waals surface area contributed by atoms with E-state index >= 15 is 0 Å². The molecular weight excluding hydrogens is 294 g/mol. The summed E-state index contributed by atoms with van der Waals surface area (Å²) in [6, 6.07) is 4.14. The Morgan fingerprint density at radius 3 is 2.26 bits per heavy atom. The van der Waals surface area contributed by atoms with Gasteiger partial charge in [-0.2, -0.15) is 0 Å². The molecule has 23 heavy (non-hydrogen) atoms. The zero-order valence-corrected chi connectivity index (χ0v) is 14.8. The Labute approximate surface area is 138 Å². The highest BCUT2D eigenvalue weighted by atomic mass is 16.5. The third kappa shape index (κ3) is 6.02. The number of amides is 1. The first-order chi connectivity index (χ1) is 10.9. The highest BCUT2D eigenvalue weighted by Crippen LogP contribution is 2.17. The van der Waals surface area contributed by atoms with E-state index in [1.54, 1.807) is 14.0 Å². The number of carbonyl (C=O) groups excluding carboxylic acids is 2. The van der Waals surface area contributed by atoms with Gasteiger partial charge in [0.25, 0.3) is 0 Å². The lowest BCUT2D eigenvalue weighted by atomic mass is 9.97. The number of hydrogen-bond acceptors (Lipinski definition) is 4. The molecule has 0 aliphatic carbocycles. The van der Waals surface area contributed by atoms with E-state index in [2.05, 4.69) is 12.1 Å². The van der Waals surface area contributed by atoms with E-state index in [9.17, 15) is 9.59 Å². The molecule has 0 saturated heterocycles. The van der Waals surface area contributed by atoms with Crippen molar-refractivity contribution in [1.29, 1.82) is 0 Å². The average molecular weight is 321 g/mol. The summed E-state index contributed by atoms with van der Waals surface area (Å²) in [6.45, 7) is 8.83. The number of esters is 1. The SMILES string of the molecule is CCOC(=O)CN(CCOC)C(=O)Cc1c(C)cc(C)cc1C. The van der Waals surface area contributed by atoms with Crippen molar-refractivity contribution in [2.45, 2.75) is 34.1 Å². The van der Waals surface area contributed by atoms with E-state index in [-0.39, 0.29) is 18.9 Å². The van der Waals surface area contributed by atoms with Crippen LogP contribution >= 0.6 is 0 Å². The number of benzene rings is 1. The Hall–Kier alpha value is -1.88. The van der Waals surface area contributed by atoms with Gasteiger partial charge in [0.2, 0.25) is 5.91 Å². The van der Waals surface area contributed by atoms with Gasteiger partial charge in [0.15, 0.2) is 0 Å².